The van der Waals surface area contributed by atoms with Crippen LogP contribution >= 0.6 is 0 Å². The van der Waals surface area contributed by atoms with Crippen LogP contribution < -0.4 is 4.74 Å². The fourth-order valence-electron chi connectivity index (χ4n) is 2.58. The number of carbonyl (C=O) groups excluding carboxylic acids is 2. The average molecular weight is 371 g/mol. The van der Waals surface area contributed by atoms with Gasteiger partial charge in [-0.25, -0.2) is 13.6 Å². The Labute approximate surface area is 153 Å². The van der Waals surface area contributed by atoms with E-state index < -0.39 is 30.0 Å². The summed E-state index contributed by atoms with van der Waals surface area (Å²) in [6.45, 7) is 1.03. The minimum atomic E-state index is -0.742. The molecule has 0 N–H and O–H groups in total. The molecule has 1 heterocycles. The summed E-state index contributed by atoms with van der Waals surface area (Å²) in [6.07, 6.45) is 0. The highest BCUT2D eigenvalue weighted by atomic mass is 19.1. The molecule has 27 heavy (non-hydrogen) atoms. The quantitative estimate of drug-likeness (QED) is 0.503. The van der Waals surface area contributed by atoms with Gasteiger partial charge in [0, 0.05) is 17.0 Å². The molecule has 0 saturated heterocycles. The van der Waals surface area contributed by atoms with Crippen LogP contribution in [0.15, 0.2) is 42.5 Å². The number of methoxy groups -OCH3 is 1. The van der Waals surface area contributed by atoms with Crippen molar-refractivity contribution in [2.75, 3.05) is 13.7 Å². The molecule has 0 spiro atoms. The highest BCUT2D eigenvalue weighted by Crippen LogP contribution is 2.20. The van der Waals surface area contributed by atoms with Crippen LogP contribution in [0.5, 0.6) is 5.75 Å². The molecule has 3 aromatic rings. The van der Waals surface area contributed by atoms with Crippen molar-refractivity contribution in [1.29, 1.82) is 0 Å². The first-order valence-corrected chi connectivity index (χ1v) is 8.00. The lowest BCUT2D eigenvalue weighted by Gasteiger charge is -2.09. The number of ketones is 1. The normalized spacial score (nSPS) is 10.7. The standard InChI is InChI=1S/C20H15F2NO4/c1-11-15(7-12-3-5-14(21)9-17(12)23-11)20(25)27-10-18(24)13-4-6-19(26-2)16(22)8-13/h3-9H,10H2,1-2H3. The molecule has 3 rings (SSSR count). The molecule has 0 unspecified atom stereocenters. The number of rotatable bonds is 5. The van der Waals surface area contributed by atoms with Gasteiger partial charge in [-0.15, -0.1) is 0 Å². The Bertz CT molecular complexity index is 1050. The highest BCUT2D eigenvalue weighted by Gasteiger charge is 2.17. The van der Waals surface area contributed by atoms with Crippen LogP contribution in [0.2, 0.25) is 0 Å². The molecular formula is C20H15F2NO4. The number of ether oxygens (including phenoxy) is 2. The van der Waals surface area contributed by atoms with E-state index >= 15 is 0 Å². The third-order valence-electron chi connectivity index (χ3n) is 4.00. The lowest BCUT2D eigenvalue weighted by Crippen LogP contribution is -2.15. The molecule has 0 fully saturated rings. The zero-order valence-corrected chi connectivity index (χ0v) is 14.6. The molecule has 0 radical (unpaired) electrons. The maximum absolute atomic E-state index is 13.7. The summed E-state index contributed by atoms with van der Waals surface area (Å²) in [5.41, 5.74) is 0.989. The average Bonchev–Trinajstić information content (AvgIpc) is 2.65. The molecule has 0 saturated carbocycles. The molecule has 0 aliphatic heterocycles. The molecule has 0 atom stereocenters. The molecule has 0 aliphatic carbocycles. The van der Waals surface area contributed by atoms with Gasteiger partial charge in [0.05, 0.1) is 23.9 Å². The van der Waals surface area contributed by atoms with Crippen LogP contribution in [-0.4, -0.2) is 30.5 Å². The lowest BCUT2D eigenvalue weighted by atomic mass is 10.1. The lowest BCUT2D eigenvalue weighted by molar-refractivity contribution is 0.0473. The van der Waals surface area contributed by atoms with Gasteiger partial charge in [-0.3, -0.25) is 9.78 Å². The topological polar surface area (TPSA) is 65.5 Å². The van der Waals surface area contributed by atoms with Gasteiger partial charge < -0.3 is 9.47 Å². The van der Waals surface area contributed by atoms with E-state index in [-0.39, 0.29) is 16.9 Å². The van der Waals surface area contributed by atoms with Crippen molar-refractivity contribution in [3.63, 3.8) is 0 Å². The van der Waals surface area contributed by atoms with Crippen molar-refractivity contribution < 1.29 is 27.8 Å². The smallest absolute Gasteiger partial charge is 0.340 e. The second-order valence-corrected chi connectivity index (χ2v) is 5.81. The Morgan fingerprint density at radius 1 is 1.07 bits per heavy atom. The van der Waals surface area contributed by atoms with Crippen LogP contribution in [-0.2, 0) is 4.74 Å². The minimum absolute atomic E-state index is 0.0119. The summed E-state index contributed by atoms with van der Waals surface area (Å²) in [4.78, 5) is 28.6. The summed E-state index contributed by atoms with van der Waals surface area (Å²) in [5, 5.41) is 0.567. The van der Waals surface area contributed by atoms with Crippen molar-refractivity contribution >= 4 is 22.7 Å². The van der Waals surface area contributed by atoms with Gasteiger partial charge in [0.25, 0.3) is 0 Å². The van der Waals surface area contributed by atoms with Crippen LogP contribution in [0, 0.1) is 18.6 Å². The molecule has 7 heteroatoms. The largest absolute Gasteiger partial charge is 0.494 e. The summed E-state index contributed by atoms with van der Waals surface area (Å²) in [7, 11) is 1.32. The number of benzene rings is 2. The number of carbonyl (C=O) groups is 2. The Kier molecular flexibility index (Phi) is 5.12. The predicted octanol–water partition coefficient (Wildman–Crippen LogP) is 3.87. The number of Topliss-reactive ketones (excluding diaryl/α,β-unsaturated/α-hetero) is 1. The van der Waals surface area contributed by atoms with Gasteiger partial charge in [-0.1, -0.05) is 0 Å². The minimum Gasteiger partial charge on any atom is -0.494 e. The van der Waals surface area contributed by atoms with Crippen LogP contribution in [0.25, 0.3) is 10.9 Å². The molecule has 0 aliphatic rings. The van der Waals surface area contributed by atoms with Gasteiger partial charge in [0.15, 0.2) is 24.0 Å². The number of aryl methyl sites for hydroxylation is 1. The zero-order valence-electron chi connectivity index (χ0n) is 14.6. The van der Waals surface area contributed by atoms with E-state index in [9.17, 15) is 18.4 Å². The first-order valence-electron chi connectivity index (χ1n) is 8.00. The van der Waals surface area contributed by atoms with Gasteiger partial charge in [0.2, 0.25) is 0 Å². The molecule has 5 nitrogen and oxygen atoms in total. The molecule has 1 aromatic heterocycles. The molecule has 2 aromatic carbocycles. The molecular weight excluding hydrogens is 356 g/mol. The third-order valence-corrected chi connectivity index (χ3v) is 4.00. The molecule has 0 bridgehead atoms. The van der Waals surface area contributed by atoms with E-state index in [1.54, 1.807) is 6.92 Å². The Morgan fingerprint density at radius 2 is 1.85 bits per heavy atom. The number of esters is 1. The van der Waals surface area contributed by atoms with Crippen molar-refractivity contribution in [2.24, 2.45) is 0 Å². The van der Waals surface area contributed by atoms with E-state index in [0.29, 0.717) is 16.6 Å². The highest BCUT2D eigenvalue weighted by molar-refractivity contribution is 6.00. The number of halogens is 2. The summed E-state index contributed by atoms with van der Waals surface area (Å²) in [5.74, 6) is -2.40. The van der Waals surface area contributed by atoms with E-state index in [2.05, 4.69) is 4.98 Å². The first-order chi connectivity index (χ1) is 12.9. The third kappa shape index (κ3) is 3.92. The molecule has 138 valence electrons. The SMILES string of the molecule is COc1ccc(C(=O)COC(=O)c2cc3ccc(F)cc3nc2C)cc1F. The number of hydrogen-bond donors (Lipinski definition) is 0. The fourth-order valence-corrected chi connectivity index (χ4v) is 2.58. The summed E-state index contributed by atoms with van der Waals surface area (Å²) < 4.78 is 36.8. The number of fused-ring (bicyclic) bond motifs is 1. The number of nitrogens with zero attached hydrogens (tertiary/aromatic N) is 1. The number of aromatic nitrogens is 1. The maximum Gasteiger partial charge on any atom is 0.340 e. The van der Waals surface area contributed by atoms with Gasteiger partial charge >= 0.3 is 5.97 Å². The predicted molar refractivity (Wildman–Crippen MR) is 94.0 cm³/mol. The van der Waals surface area contributed by atoms with Gasteiger partial charge in [0.1, 0.15) is 5.82 Å². The van der Waals surface area contributed by atoms with Crippen LogP contribution in [0.4, 0.5) is 8.78 Å². The second-order valence-electron chi connectivity index (χ2n) is 5.81. The summed E-state index contributed by atoms with van der Waals surface area (Å²) >= 11 is 0. The monoisotopic (exact) mass is 371 g/mol. The number of hydrogen-bond acceptors (Lipinski definition) is 5. The van der Waals surface area contributed by atoms with Gasteiger partial charge in [-0.2, -0.15) is 0 Å². The van der Waals surface area contributed by atoms with Crippen molar-refractivity contribution in [3.8, 4) is 5.75 Å². The Hall–Kier alpha value is -3.35. The van der Waals surface area contributed by atoms with E-state index in [4.69, 9.17) is 9.47 Å². The first kappa shape index (κ1) is 18.4. The van der Waals surface area contributed by atoms with Crippen molar-refractivity contribution in [3.05, 3.63) is 70.9 Å². The van der Waals surface area contributed by atoms with Crippen LogP contribution in [0.3, 0.4) is 0 Å². The zero-order chi connectivity index (χ0) is 19.6. The Balaban J connectivity index is 1.74. The number of pyridine rings is 1. The Morgan fingerprint density at radius 3 is 2.56 bits per heavy atom. The maximum atomic E-state index is 13.7. The fraction of sp³-hybridized carbons (Fsp3) is 0.150. The van der Waals surface area contributed by atoms with E-state index in [1.807, 2.05) is 0 Å². The van der Waals surface area contributed by atoms with Crippen LogP contribution in [0.1, 0.15) is 26.4 Å². The second kappa shape index (κ2) is 7.49. The summed E-state index contributed by atoms with van der Waals surface area (Å²) in [6, 6.07) is 9.27. The van der Waals surface area contributed by atoms with Crippen molar-refractivity contribution in [2.45, 2.75) is 6.92 Å². The van der Waals surface area contributed by atoms with Crippen molar-refractivity contribution in [1.82, 2.24) is 4.98 Å². The van der Waals surface area contributed by atoms with E-state index in [0.717, 1.165) is 6.07 Å². The van der Waals surface area contributed by atoms with Gasteiger partial charge in [-0.05, 0) is 43.3 Å². The molecule has 0 amide bonds. The van der Waals surface area contributed by atoms with E-state index in [1.165, 1.54) is 43.5 Å².